The van der Waals surface area contributed by atoms with Crippen molar-refractivity contribution in [1.29, 1.82) is 0 Å². The van der Waals surface area contributed by atoms with Crippen molar-refractivity contribution >= 4 is 34.4 Å². The van der Waals surface area contributed by atoms with E-state index in [4.69, 9.17) is 21.3 Å². The molecule has 0 spiro atoms. The molecule has 3 aromatic rings. The van der Waals surface area contributed by atoms with Gasteiger partial charge in [0.25, 0.3) is 5.91 Å². The lowest BCUT2D eigenvalue weighted by atomic mass is 9.57. The van der Waals surface area contributed by atoms with Crippen LogP contribution in [-0.2, 0) is 9.53 Å². The van der Waals surface area contributed by atoms with Crippen LogP contribution in [0.4, 0.5) is 0 Å². The molecular weight excluding hydrogens is 436 g/mol. The number of amides is 1. The number of nitrogens with one attached hydrogen (secondary N) is 1. The molecule has 0 unspecified atom stereocenters. The molecule has 0 radical (unpaired) electrons. The first kappa shape index (κ1) is 21.9. The zero-order valence-electron chi connectivity index (χ0n) is 18.9. The van der Waals surface area contributed by atoms with Gasteiger partial charge in [0, 0.05) is 21.5 Å². The quantitative estimate of drug-likeness (QED) is 0.493. The third-order valence-corrected chi connectivity index (χ3v) is 7.94. The highest BCUT2D eigenvalue weighted by atomic mass is 35.5. The standard InChI is InChI=1S/C27H27ClN2O3/c1-17-22(24(31)30-27-13-10-26(11-14-27,12-15-27)25(32)33-2)20-16-19(28)8-9-21(20)29-23(17)18-6-4-3-5-7-18/h3-9,16H,10-15H2,1-2H3,(H,30,31). The number of hydrogen-bond acceptors (Lipinski definition) is 4. The highest BCUT2D eigenvalue weighted by molar-refractivity contribution is 6.31. The molecule has 5 nitrogen and oxygen atoms in total. The van der Waals surface area contributed by atoms with Gasteiger partial charge < -0.3 is 10.1 Å². The maximum Gasteiger partial charge on any atom is 0.311 e. The van der Waals surface area contributed by atoms with E-state index in [1.54, 1.807) is 6.07 Å². The van der Waals surface area contributed by atoms with E-state index in [9.17, 15) is 9.59 Å². The van der Waals surface area contributed by atoms with Gasteiger partial charge in [-0.15, -0.1) is 0 Å². The summed E-state index contributed by atoms with van der Waals surface area (Å²) in [6, 6.07) is 15.4. The summed E-state index contributed by atoms with van der Waals surface area (Å²) in [6.07, 6.45) is 4.58. The molecule has 0 atom stereocenters. The summed E-state index contributed by atoms with van der Waals surface area (Å²) in [7, 11) is 1.46. The highest BCUT2D eigenvalue weighted by Gasteiger charge is 2.53. The average molecular weight is 463 g/mol. The van der Waals surface area contributed by atoms with Crippen molar-refractivity contribution in [1.82, 2.24) is 10.3 Å². The zero-order chi connectivity index (χ0) is 23.2. The molecular formula is C27H27ClN2O3. The first-order chi connectivity index (χ1) is 15.9. The normalized spacial score (nSPS) is 24.0. The van der Waals surface area contributed by atoms with E-state index in [0.29, 0.717) is 10.6 Å². The first-order valence-electron chi connectivity index (χ1n) is 11.4. The molecule has 2 aromatic carbocycles. The van der Waals surface area contributed by atoms with Gasteiger partial charge in [0.05, 0.1) is 29.3 Å². The number of hydrogen-bond donors (Lipinski definition) is 1. The van der Waals surface area contributed by atoms with Gasteiger partial charge in [-0.1, -0.05) is 41.9 Å². The molecule has 3 fully saturated rings. The minimum Gasteiger partial charge on any atom is -0.469 e. The minimum atomic E-state index is -0.380. The topological polar surface area (TPSA) is 68.3 Å². The predicted molar refractivity (Wildman–Crippen MR) is 129 cm³/mol. The van der Waals surface area contributed by atoms with Crippen LogP contribution in [-0.4, -0.2) is 29.5 Å². The fourth-order valence-corrected chi connectivity index (χ4v) is 5.87. The molecule has 0 saturated heterocycles. The Morgan fingerprint density at radius 1 is 1.00 bits per heavy atom. The van der Waals surface area contributed by atoms with Gasteiger partial charge in [0.15, 0.2) is 0 Å². The molecule has 1 N–H and O–H groups in total. The van der Waals surface area contributed by atoms with Gasteiger partial charge in [-0.25, -0.2) is 4.98 Å². The van der Waals surface area contributed by atoms with E-state index in [1.807, 2.05) is 49.4 Å². The summed E-state index contributed by atoms with van der Waals surface area (Å²) in [5.41, 5.74) is 3.28. The second-order valence-corrected chi connectivity index (χ2v) is 9.93. The molecule has 3 saturated carbocycles. The SMILES string of the molecule is COC(=O)C12CCC(NC(=O)c3c(C)c(-c4ccccc4)nc4ccc(Cl)cc34)(CC1)CC2. The van der Waals surface area contributed by atoms with Crippen LogP contribution in [0.5, 0.6) is 0 Å². The van der Waals surface area contributed by atoms with Crippen LogP contribution in [0.2, 0.25) is 5.02 Å². The number of carbonyl (C=O) groups excluding carboxylic acids is 2. The number of benzene rings is 2. The van der Waals surface area contributed by atoms with E-state index < -0.39 is 0 Å². The Labute approximate surface area is 198 Å². The van der Waals surface area contributed by atoms with Crippen LogP contribution >= 0.6 is 11.6 Å². The second-order valence-electron chi connectivity index (χ2n) is 9.49. The van der Waals surface area contributed by atoms with Gasteiger partial charge in [-0.2, -0.15) is 0 Å². The maximum atomic E-state index is 13.8. The number of halogens is 1. The smallest absolute Gasteiger partial charge is 0.311 e. The Kier molecular flexibility index (Phi) is 5.40. The van der Waals surface area contributed by atoms with Crippen LogP contribution in [0.15, 0.2) is 48.5 Å². The van der Waals surface area contributed by atoms with Crippen molar-refractivity contribution in [3.63, 3.8) is 0 Å². The van der Waals surface area contributed by atoms with Crippen molar-refractivity contribution in [2.75, 3.05) is 7.11 Å². The van der Waals surface area contributed by atoms with E-state index in [0.717, 1.165) is 66.2 Å². The van der Waals surface area contributed by atoms with Gasteiger partial charge in [-0.3, -0.25) is 9.59 Å². The fraction of sp³-hybridized carbons (Fsp3) is 0.370. The molecule has 6 rings (SSSR count). The maximum absolute atomic E-state index is 13.8. The summed E-state index contributed by atoms with van der Waals surface area (Å²) < 4.78 is 5.08. The lowest BCUT2D eigenvalue weighted by Gasteiger charge is -2.52. The molecule has 0 aliphatic heterocycles. The summed E-state index contributed by atoms with van der Waals surface area (Å²) in [5, 5.41) is 4.70. The Balaban J connectivity index is 1.53. The van der Waals surface area contributed by atoms with Crippen LogP contribution in [0, 0.1) is 12.3 Å². The Hall–Kier alpha value is -2.92. The Morgan fingerprint density at radius 2 is 1.67 bits per heavy atom. The Morgan fingerprint density at radius 3 is 2.30 bits per heavy atom. The van der Waals surface area contributed by atoms with Gasteiger partial charge >= 0.3 is 5.97 Å². The van der Waals surface area contributed by atoms with E-state index in [1.165, 1.54) is 7.11 Å². The van der Waals surface area contributed by atoms with E-state index in [2.05, 4.69) is 5.32 Å². The number of ether oxygens (including phenoxy) is 1. The summed E-state index contributed by atoms with van der Waals surface area (Å²) >= 11 is 6.31. The van der Waals surface area contributed by atoms with Crippen molar-refractivity contribution in [3.8, 4) is 11.3 Å². The number of esters is 1. The molecule has 6 heteroatoms. The fourth-order valence-electron chi connectivity index (χ4n) is 5.70. The van der Waals surface area contributed by atoms with Gasteiger partial charge in [-0.05, 0) is 69.2 Å². The molecule has 1 heterocycles. The second kappa shape index (κ2) is 8.14. The third kappa shape index (κ3) is 3.68. The summed E-state index contributed by atoms with van der Waals surface area (Å²) in [4.78, 5) is 31.0. The van der Waals surface area contributed by atoms with Crippen molar-refractivity contribution in [2.45, 2.75) is 51.0 Å². The number of carbonyl (C=O) groups is 2. The molecule has 2 bridgehead atoms. The summed E-state index contributed by atoms with van der Waals surface area (Å²) in [6.45, 7) is 1.95. The predicted octanol–water partition coefficient (Wildman–Crippen LogP) is 5.86. The van der Waals surface area contributed by atoms with Crippen molar-refractivity contribution in [3.05, 3.63) is 64.7 Å². The third-order valence-electron chi connectivity index (χ3n) is 7.71. The highest BCUT2D eigenvalue weighted by Crippen LogP contribution is 2.53. The monoisotopic (exact) mass is 462 g/mol. The molecule has 1 aromatic heterocycles. The van der Waals surface area contributed by atoms with Crippen LogP contribution < -0.4 is 5.32 Å². The number of fused-ring (bicyclic) bond motifs is 4. The van der Waals surface area contributed by atoms with Crippen LogP contribution in [0.1, 0.15) is 54.4 Å². The minimum absolute atomic E-state index is 0.105. The van der Waals surface area contributed by atoms with E-state index >= 15 is 0 Å². The van der Waals surface area contributed by atoms with Crippen molar-refractivity contribution < 1.29 is 14.3 Å². The average Bonchev–Trinajstić information content (AvgIpc) is 2.84. The zero-order valence-corrected chi connectivity index (χ0v) is 19.7. The number of rotatable bonds is 4. The van der Waals surface area contributed by atoms with Gasteiger partial charge in [0.1, 0.15) is 0 Å². The molecule has 1 amide bonds. The largest absolute Gasteiger partial charge is 0.469 e. The van der Waals surface area contributed by atoms with Crippen LogP contribution in [0.25, 0.3) is 22.2 Å². The molecule has 170 valence electrons. The summed E-state index contributed by atoms with van der Waals surface area (Å²) in [5.74, 6) is -0.216. The number of methoxy groups -OCH3 is 1. The lowest BCUT2D eigenvalue weighted by molar-refractivity contribution is -0.160. The molecule has 3 aliphatic rings. The Bertz CT molecular complexity index is 1230. The van der Waals surface area contributed by atoms with E-state index in [-0.39, 0.29) is 22.8 Å². The first-order valence-corrected chi connectivity index (χ1v) is 11.8. The number of pyridine rings is 1. The number of nitrogens with zero attached hydrogens (tertiary/aromatic N) is 1. The van der Waals surface area contributed by atoms with Crippen LogP contribution in [0.3, 0.4) is 0 Å². The number of aromatic nitrogens is 1. The molecule has 33 heavy (non-hydrogen) atoms. The molecule has 3 aliphatic carbocycles. The lowest BCUT2D eigenvalue weighted by Crippen LogP contribution is -2.58. The van der Waals surface area contributed by atoms with Crippen molar-refractivity contribution in [2.24, 2.45) is 5.41 Å². The van der Waals surface area contributed by atoms with Gasteiger partial charge in [0.2, 0.25) is 0 Å².